The summed E-state index contributed by atoms with van der Waals surface area (Å²) in [6, 6.07) is 1.62. The Bertz CT molecular complexity index is 475. The largest absolute Gasteiger partial charge is 0.351 e. The molecule has 0 aliphatic rings. The van der Waals surface area contributed by atoms with E-state index in [9.17, 15) is 4.79 Å². The van der Waals surface area contributed by atoms with Crippen LogP contribution in [-0.4, -0.2) is 27.2 Å². The van der Waals surface area contributed by atoms with Crippen LogP contribution in [0.25, 0.3) is 0 Å². The minimum atomic E-state index is -0.226. The van der Waals surface area contributed by atoms with E-state index in [0.717, 1.165) is 13.0 Å². The summed E-state index contributed by atoms with van der Waals surface area (Å²) in [7, 11) is 0. The average Bonchev–Trinajstić information content (AvgIpc) is 2.95. The number of nitrogens with zero attached hydrogens (tertiary/aromatic N) is 3. The van der Waals surface area contributed by atoms with Crippen molar-refractivity contribution in [2.45, 2.75) is 19.9 Å². The van der Waals surface area contributed by atoms with Gasteiger partial charge in [0.15, 0.2) is 0 Å². The predicted molar refractivity (Wildman–Crippen MR) is 60.4 cm³/mol. The second-order valence-corrected chi connectivity index (χ2v) is 3.74. The van der Waals surface area contributed by atoms with E-state index in [1.807, 2.05) is 10.8 Å². The van der Waals surface area contributed by atoms with Gasteiger partial charge in [0, 0.05) is 31.5 Å². The predicted octanol–water partition coefficient (Wildman–Crippen LogP) is 1.000. The summed E-state index contributed by atoms with van der Waals surface area (Å²) in [5, 5.41) is 6.43. The van der Waals surface area contributed by atoms with Crippen LogP contribution in [0.5, 0.6) is 0 Å². The Labute approximate surface area is 98.6 Å². The summed E-state index contributed by atoms with van der Waals surface area (Å²) in [6.45, 7) is 3.20. The smallest absolute Gasteiger partial charge is 0.289 e. The van der Waals surface area contributed by atoms with Crippen LogP contribution < -0.4 is 5.32 Å². The summed E-state index contributed by atoms with van der Waals surface area (Å²) < 4.78 is 6.81. The van der Waals surface area contributed by atoms with Crippen molar-refractivity contribution in [3.05, 3.63) is 36.2 Å². The van der Waals surface area contributed by atoms with Gasteiger partial charge in [-0.05, 0) is 13.3 Å². The van der Waals surface area contributed by atoms with Crippen LogP contribution in [0.15, 0.2) is 29.3 Å². The number of amides is 1. The topological polar surface area (TPSA) is 73.0 Å². The molecule has 0 saturated carbocycles. The van der Waals surface area contributed by atoms with E-state index in [-0.39, 0.29) is 11.7 Å². The number of rotatable bonds is 5. The summed E-state index contributed by atoms with van der Waals surface area (Å²) in [5.41, 5.74) is 0.702. The van der Waals surface area contributed by atoms with Gasteiger partial charge >= 0.3 is 0 Å². The molecule has 1 N–H and O–H groups in total. The zero-order valence-corrected chi connectivity index (χ0v) is 9.59. The quantitative estimate of drug-likeness (QED) is 0.783. The molecule has 0 atom stereocenters. The van der Waals surface area contributed by atoms with Crippen LogP contribution in [0.3, 0.4) is 0 Å². The molecular formula is C11H14N4O2. The maximum absolute atomic E-state index is 11.6. The second kappa shape index (κ2) is 5.29. The molecule has 0 aliphatic carbocycles. The third-order valence-electron chi connectivity index (χ3n) is 2.29. The SMILES string of the molecule is Cc1cc(C(=O)NCCCn2ccnc2)on1. The molecule has 0 aliphatic heterocycles. The molecular weight excluding hydrogens is 220 g/mol. The van der Waals surface area contributed by atoms with Crippen molar-refractivity contribution in [1.29, 1.82) is 0 Å². The van der Waals surface area contributed by atoms with E-state index in [1.54, 1.807) is 25.5 Å². The van der Waals surface area contributed by atoms with Gasteiger partial charge in [0.2, 0.25) is 5.76 Å². The van der Waals surface area contributed by atoms with E-state index in [1.165, 1.54) is 0 Å². The monoisotopic (exact) mass is 234 g/mol. The minimum Gasteiger partial charge on any atom is -0.351 e. The first-order valence-electron chi connectivity index (χ1n) is 5.43. The first kappa shape index (κ1) is 11.4. The molecule has 17 heavy (non-hydrogen) atoms. The molecule has 6 nitrogen and oxygen atoms in total. The third kappa shape index (κ3) is 3.17. The normalized spacial score (nSPS) is 10.4. The fraction of sp³-hybridized carbons (Fsp3) is 0.364. The maximum Gasteiger partial charge on any atom is 0.289 e. The van der Waals surface area contributed by atoms with Gasteiger partial charge in [0.1, 0.15) is 0 Å². The first-order chi connectivity index (χ1) is 8.25. The molecule has 0 bridgehead atoms. The Morgan fingerprint density at radius 3 is 3.12 bits per heavy atom. The van der Waals surface area contributed by atoms with Gasteiger partial charge in [0.25, 0.3) is 5.91 Å². The molecule has 2 rings (SSSR count). The highest BCUT2D eigenvalue weighted by molar-refractivity contribution is 5.91. The number of hydrogen-bond acceptors (Lipinski definition) is 4. The molecule has 1 amide bonds. The van der Waals surface area contributed by atoms with Crippen molar-refractivity contribution >= 4 is 5.91 Å². The molecule has 90 valence electrons. The second-order valence-electron chi connectivity index (χ2n) is 3.74. The van der Waals surface area contributed by atoms with E-state index in [2.05, 4.69) is 15.5 Å². The summed E-state index contributed by atoms with van der Waals surface area (Å²) >= 11 is 0. The zero-order chi connectivity index (χ0) is 12.1. The van der Waals surface area contributed by atoms with Crippen molar-refractivity contribution in [2.24, 2.45) is 0 Å². The highest BCUT2D eigenvalue weighted by Gasteiger charge is 2.09. The summed E-state index contributed by atoms with van der Waals surface area (Å²) in [4.78, 5) is 15.5. The van der Waals surface area contributed by atoms with Crippen molar-refractivity contribution in [3.63, 3.8) is 0 Å². The van der Waals surface area contributed by atoms with Gasteiger partial charge in [-0.3, -0.25) is 4.79 Å². The lowest BCUT2D eigenvalue weighted by atomic mass is 10.3. The summed E-state index contributed by atoms with van der Waals surface area (Å²) in [6.07, 6.45) is 6.22. The number of aromatic nitrogens is 3. The Morgan fingerprint density at radius 1 is 1.59 bits per heavy atom. The van der Waals surface area contributed by atoms with E-state index >= 15 is 0 Å². The molecule has 2 aromatic heterocycles. The van der Waals surface area contributed by atoms with Gasteiger partial charge < -0.3 is 14.4 Å². The lowest BCUT2D eigenvalue weighted by Gasteiger charge is -2.03. The van der Waals surface area contributed by atoms with E-state index in [0.29, 0.717) is 12.2 Å². The third-order valence-corrected chi connectivity index (χ3v) is 2.29. The van der Waals surface area contributed by atoms with Crippen LogP contribution >= 0.6 is 0 Å². The molecule has 0 radical (unpaired) electrons. The molecule has 6 heteroatoms. The highest BCUT2D eigenvalue weighted by Crippen LogP contribution is 2.01. The number of aryl methyl sites for hydroxylation is 2. The van der Waals surface area contributed by atoms with Crippen molar-refractivity contribution < 1.29 is 9.32 Å². The van der Waals surface area contributed by atoms with Crippen LogP contribution in [-0.2, 0) is 6.54 Å². The standard InChI is InChI=1S/C11H14N4O2/c1-9-7-10(17-14-9)11(16)13-3-2-5-15-6-4-12-8-15/h4,6-8H,2-3,5H2,1H3,(H,13,16). The Kier molecular flexibility index (Phi) is 3.54. The van der Waals surface area contributed by atoms with Gasteiger partial charge in [0.05, 0.1) is 12.0 Å². The fourth-order valence-electron chi connectivity index (χ4n) is 1.44. The Balaban J connectivity index is 1.70. The van der Waals surface area contributed by atoms with Gasteiger partial charge in [-0.2, -0.15) is 0 Å². The number of carbonyl (C=O) groups excluding carboxylic acids is 1. The number of imidazole rings is 1. The lowest BCUT2D eigenvalue weighted by molar-refractivity contribution is 0.0916. The molecule has 0 aromatic carbocycles. The molecule has 2 heterocycles. The van der Waals surface area contributed by atoms with Gasteiger partial charge in [-0.1, -0.05) is 5.16 Å². The lowest BCUT2D eigenvalue weighted by Crippen LogP contribution is -2.24. The fourth-order valence-corrected chi connectivity index (χ4v) is 1.44. The van der Waals surface area contributed by atoms with Crippen LogP contribution in [0, 0.1) is 6.92 Å². The number of carbonyl (C=O) groups is 1. The number of nitrogens with one attached hydrogen (secondary N) is 1. The molecule has 2 aromatic rings. The first-order valence-corrected chi connectivity index (χ1v) is 5.43. The van der Waals surface area contributed by atoms with Gasteiger partial charge in [-0.15, -0.1) is 0 Å². The van der Waals surface area contributed by atoms with Crippen LogP contribution in [0.4, 0.5) is 0 Å². The Hall–Kier alpha value is -2.11. The zero-order valence-electron chi connectivity index (χ0n) is 9.59. The molecule has 0 fully saturated rings. The molecule has 0 spiro atoms. The van der Waals surface area contributed by atoms with Gasteiger partial charge in [-0.25, -0.2) is 4.98 Å². The molecule has 0 saturated heterocycles. The highest BCUT2D eigenvalue weighted by atomic mass is 16.5. The van der Waals surface area contributed by atoms with Crippen molar-refractivity contribution in [3.8, 4) is 0 Å². The average molecular weight is 234 g/mol. The van der Waals surface area contributed by atoms with Crippen molar-refractivity contribution in [1.82, 2.24) is 20.0 Å². The minimum absolute atomic E-state index is 0.226. The Morgan fingerprint density at radius 2 is 2.47 bits per heavy atom. The molecule has 0 unspecified atom stereocenters. The maximum atomic E-state index is 11.6. The van der Waals surface area contributed by atoms with Crippen LogP contribution in [0.2, 0.25) is 0 Å². The van der Waals surface area contributed by atoms with Crippen LogP contribution in [0.1, 0.15) is 22.7 Å². The van der Waals surface area contributed by atoms with Crippen molar-refractivity contribution in [2.75, 3.05) is 6.54 Å². The number of hydrogen-bond donors (Lipinski definition) is 1. The van der Waals surface area contributed by atoms with E-state index in [4.69, 9.17) is 4.52 Å². The summed E-state index contributed by atoms with van der Waals surface area (Å²) in [5.74, 6) is 0.0290. The van der Waals surface area contributed by atoms with E-state index < -0.39 is 0 Å².